The van der Waals surface area contributed by atoms with Crippen molar-refractivity contribution in [3.63, 3.8) is 0 Å². The van der Waals surface area contributed by atoms with Crippen LogP contribution < -0.4 is 15.6 Å². The lowest BCUT2D eigenvalue weighted by molar-refractivity contribution is -0.121. The molecule has 3 fully saturated rings. The van der Waals surface area contributed by atoms with Crippen molar-refractivity contribution in [2.24, 2.45) is 5.92 Å². The second kappa shape index (κ2) is 10.7. The molecule has 1 saturated heterocycles. The van der Waals surface area contributed by atoms with Crippen molar-refractivity contribution in [2.75, 3.05) is 19.6 Å². The number of carbonyl (C=O) groups excluding carboxylic acids is 1. The van der Waals surface area contributed by atoms with Gasteiger partial charge in [0, 0.05) is 18.2 Å². The van der Waals surface area contributed by atoms with E-state index in [4.69, 9.17) is 9.72 Å². The number of hydrogen-bond donors (Lipinski definition) is 1. The summed E-state index contributed by atoms with van der Waals surface area (Å²) < 4.78 is 7.89. The van der Waals surface area contributed by atoms with Crippen molar-refractivity contribution in [1.82, 2.24) is 19.8 Å². The van der Waals surface area contributed by atoms with Crippen LogP contribution in [0.3, 0.4) is 0 Å². The quantitative estimate of drug-likeness (QED) is 0.497. The lowest BCUT2D eigenvalue weighted by Crippen LogP contribution is -2.38. The molecule has 1 amide bonds. The third-order valence-corrected chi connectivity index (χ3v) is 8.11. The van der Waals surface area contributed by atoms with E-state index in [9.17, 15) is 9.59 Å². The molecule has 3 aliphatic rings. The number of ether oxygens (including phenoxy) is 1. The van der Waals surface area contributed by atoms with Crippen molar-refractivity contribution in [3.8, 4) is 17.1 Å². The molecule has 7 nitrogen and oxygen atoms in total. The molecule has 37 heavy (non-hydrogen) atoms. The van der Waals surface area contributed by atoms with Gasteiger partial charge in [0.05, 0.1) is 10.9 Å². The monoisotopic (exact) mass is 500 g/mol. The van der Waals surface area contributed by atoms with Gasteiger partial charge in [-0.15, -0.1) is 0 Å². The number of fused-ring (bicyclic) bond motifs is 1. The van der Waals surface area contributed by atoms with Crippen LogP contribution in [-0.2, 0) is 11.3 Å². The van der Waals surface area contributed by atoms with E-state index in [1.807, 2.05) is 48.5 Å². The fourth-order valence-electron chi connectivity index (χ4n) is 5.84. The summed E-state index contributed by atoms with van der Waals surface area (Å²) in [5.74, 6) is 1.63. The number of benzene rings is 2. The molecule has 0 spiro atoms. The first-order valence-electron chi connectivity index (χ1n) is 13.9. The highest BCUT2D eigenvalue weighted by molar-refractivity contribution is 5.83. The third kappa shape index (κ3) is 5.57. The SMILES string of the molecule is O=C(Cn1c(-c2ccccc2)nc2ccc(OC3CCC(N4CCCCC4)C3)cc2c1=O)NCC1CC1. The Kier molecular flexibility index (Phi) is 6.96. The van der Waals surface area contributed by atoms with Gasteiger partial charge in [-0.3, -0.25) is 14.2 Å². The Bertz CT molecular complexity index is 1310. The molecular weight excluding hydrogens is 464 g/mol. The molecule has 2 aromatic carbocycles. The molecule has 0 bridgehead atoms. The zero-order valence-electron chi connectivity index (χ0n) is 21.4. The Morgan fingerprint density at radius 2 is 1.81 bits per heavy atom. The highest BCUT2D eigenvalue weighted by Gasteiger charge is 2.31. The Labute approximate surface area is 217 Å². The molecule has 1 aromatic heterocycles. The largest absolute Gasteiger partial charge is 0.490 e. The van der Waals surface area contributed by atoms with E-state index in [0.29, 0.717) is 41.0 Å². The predicted octanol–water partition coefficient (Wildman–Crippen LogP) is 4.38. The van der Waals surface area contributed by atoms with Crippen molar-refractivity contribution < 1.29 is 9.53 Å². The van der Waals surface area contributed by atoms with Crippen LogP contribution in [0.2, 0.25) is 0 Å². The first kappa shape index (κ1) is 24.2. The maximum absolute atomic E-state index is 13.7. The normalized spacial score (nSPS) is 22.3. The fourth-order valence-corrected chi connectivity index (χ4v) is 5.84. The standard InChI is InChI=1S/C30H36N4O3/c35-28(31-19-21-9-10-21)20-34-29(22-7-3-1-4-8-22)32-27-14-13-25(18-26(27)30(34)36)37-24-12-11-23(17-24)33-15-5-2-6-16-33/h1,3-4,7-8,13-14,18,21,23-24H,2,5-6,9-12,15-17,19-20H2,(H,31,35). The van der Waals surface area contributed by atoms with E-state index in [1.54, 1.807) is 0 Å². The van der Waals surface area contributed by atoms with Crippen LogP contribution in [0.25, 0.3) is 22.3 Å². The Morgan fingerprint density at radius 3 is 2.59 bits per heavy atom. The minimum absolute atomic E-state index is 0.0516. The molecule has 3 aromatic rings. The number of nitrogens with one attached hydrogen (secondary N) is 1. The van der Waals surface area contributed by atoms with Gasteiger partial charge in [0.1, 0.15) is 24.2 Å². The summed E-state index contributed by atoms with van der Waals surface area (Å²) in [6.07, 6.45) is 9.68. The minimum atomic E-state index is -0.214. The lowest BCUT2D eigenvalue weighted by Gasteiger charge is -2.32. The van der Waals surface area contributed by atoms with Crippen LogP contribution in [0.5, 0.6) is 5.75 Å². The van der Waals surface area contributed by atoms with E-state index in [-0.39, 0.29) is 24.1 Å². The number of aromatic nitrogens is 2. The molecule has 1 aliphatic heterocycles. The van der Waals surface area contributed by atoms with Crippen molar-refractivity contribution in [3.05, 3.63) is 58.9 Å². The number of piperidine rings is 1. The molecular formula is C30H36N4O3. The molecule has 7 heteroatoms. The number of rotatable bonds is 8. The summed E-state index contributed by atoms with van der Waals surface area (Å²) in [4.78, 5) is 34.0. The van der Waals surface area contributed by atoms with Gasteiger partial charge in [0.25, 0.3) is 5.56 Å². The molecule has 6 rings (SSSR count). The molecule has 2 aliphatic carbocycles. The first-order chi connectivity index (χ1) is 18.1. The molecule has 2 atom stereocenters. The molecule has 0 radical (unpaired) electrons. The Balaban J connectivity index is 1.26. The molecule has 2 saturated carbocycles. The van der Waals surface area contributed by atoms with Gasteiger partial charge in [-0.25, -0.2) is 4.98 Å². The summed E-state index contributed by atoms with van der Waals surface area (Å²) in [6.45, 7) is 3.03. The van der Waals surface area contributed by atoms with Crippen LogP contribution in [-0.4, -0.2) is 52.1 Å². The van der Waals surface area contributed by atoms with Crippen molar-refractivity contribution in [2.45, 2.75) is 70.1 Å². The van der Waals surface area contributed by atoms with Gasteiger partial charge >= 0.3 is 0 Å². The van der Waals surface area contributed by atoms with Crippen LogP contribution >= 0.6 is 0 Å². The average Bonchev–Trinajstić information content (AvgIpc) is 3.66. The van der Waals surface area contributed by atoms with E-state index < -0.39 is 0 Å². The van der Waals surface area contributed by atoms with Crippen molar-refractivity contribution in [1.29, 1.82) is 0 Å². The highest BCUT2D eigenvalue weighted by Crippen LogP contribution is 2.31. The van der Waals surface area contributed by atoms with Crippen LogP contribution in [0.4, 0.5) is 0 Å². The van der Waals surface area contributed by atoms with E-state index in [0.717, 1.165) is 31.2 Å². The zero-order chi connectivity index (χ0) is 25.2. The predicted molar refractivity (Wildman–Crippen MR) is 145 cm³/mol. The second-order valence-corrected chi connectivity index (χ2v) is 10.9. The maximum Gasteiger partial charge on any atom is 0.262 e. The van der Waals surface area contributed by atoms with Gasteiger partial charge in [-0.1, -0.05) is 36.8 Å². The fraction of sp³-hybridized carbons (Fsp3) is 0.500. The van der Waals surface area contributed by atoms with Gasteiger partial charge in [-0.2, -0.15) is 0 Å². The van der Waals surface area contributed by atoms with Crippen LogP contribution in [0.1, 0.15) is 51.4 Å². The number of nitrogens with zero attached hydrogens (tertiary/aromatic N) is 3. The number of carbonyl (C=O) groups is 1. The summed E-state index contributed by atoms with van der Waals surface area (Å²) >= 11 is 0. The summed E-state index contributed by atoms with van der Waals surface area (Å²) in [7, 11) is 0. The van der Waals surface area contributed by atoms with Gasteiger partial charge in [0.15, 0.2) is 0 Å². The average molecular weight is 501 g/mol. The van der Waals surface area contributed by atoms with Crippen LogP contribution in [0, 0.1) is 5.92 Å². The van der Waals surface area contributed by atoms with E-state index >= 15 is 0 Å². The van der Waals surface area contributed by atoms with E-state index in [1.165, 1.54) is 43.3 Å². The summed E-state index contributed by atoms with van der Waals surface area (Å²) in [5, 5.41) is 3.47. The minimum Gasteiger partial charge on any atom is -0.490 e. The number of amides is 1. The Hall–Kier alpha value is -3.19. The molecule has 1 N–H and O–H groups in total. The number of hydrogen-bond acceptors (Lipinski definition) is 5. The van der Waals surface area contributed by atoms with Gasteiger partial charge < -0.3 is 15.0 Å². The molecule has 2 unspecified atom stereocenters. The molecule has 194 valence electrons. The van der Waals surface area contributed by atoms with Crippen molar-refractivity contribution >= 4 is 16.8 Å². The topological polar surface area (TPSA) is 76.5 Å². The summed E-state index contributed by atoms with van der Waals surface area (Å²) in [6, 6.07) is 15.8. The maximum atomic E-state index is 13.7. The smallest absolute Gasteiger partial charge is 0.262 e. The first-order valence-corrected chi connectivity index (χ1v) is 13.9. The lowest BCUT2D eigenvalue weighted by atomic mass is 10.1. The number of likely N-dealkylation sites (tertiary alicyclic amines) is 1. The second-order valence-electron chi connectivity index (χ2n) is 10.9. The summed E-state index contributed by atoms with van der Waals surface area (Å²) in [5.41, 5.74) is 1.21. The molecule has 2 heterocycles. The van der Waals surface area contributed by atoms with Crippen LogP contribution in [0.15, 0.2) is 53.3 Å². The zero-order valence-corrected chi connectivity index (χ0v) is 21.4. The third-order valence-electron chi connectivity index (χ3n) is 8.11. The van der Waals surface area contributed by atoms with Gasteiger partial charge in [-0.05, 0) is 82.2 Å². The Morgan fingerprint density at radius 1 is 1.00 bits per heavy atom. The van der Waals surface area contributed by atoms with Gasteiger partial charge in [0.2, 0.25) is 5.91 Å². The highest BCUT2D eigenvalue weighted by atomic mass is 16.5. The van der Waals surface area contributed by atoms with E-state index in [2.05, 4.69) is 10.2 Å².